The van der Waals surface area contributed by atoms with Crippen LogP contribution in [0.5, 0.6) is 0 Å². The molecule has 1 heteroatoms. The van der Waals surface area contributed by atoms with E-state index in [1.807, 2.05) is 0 Å². The van der Waals surface area contributed by atoms with Gasteiger partial charge in [-0.25, -0.2) is 0 Å². The third-order valence-electron chi connectivity index (χ3n) is 3.70. The zero-order valence-corrected chi connectivity index (χ0v) is 10.9. The van der Waals surface area contributed by atoms with Gasteiger partial charge in [0, 0.05) is 0 Å². The molecule has 0 saturated heterocycles. The lowest BCUT2D eigenvalue weighted by Gasteiger charge is -2.13. The van der Waals surface area contributed by atoms with E-state index in [-0.39, 0.29) is 0 Å². The molecule has 0 amide bonds. The summed E-state index contributed by atoms with van der Waals surface area (Å²) in [6.45, 7) is 3.00. The molecule has 0 aromatic rings. The van der Waals surface area contributed by atoms with Crippen molar-refractivity contribution in [2.45, 2.75) is 32.6 Å². The highest BCUT2D eigenvalue weighted by Gasteiger charge is 2.27. The Morgan fingerprint density at radius 2 is 2.33 bits per heavy atom. The molecule has 1 aliphatic heterocycles. The van der Waals surface area contributed by atoms with E-state index in [1.54, 1.807) is 0 Å². The second-order valence-electron chi connectivity index (χ2n) is 5.03. The molecule has 3 rings (SSSR count). The highest BCUT2D eigenvalue weighted by Crippen LogP contribution is 2.37. The summed E-state index contributed by atoms with van der Waals surface area (Å²) in [7, 11) is 0. The third kappa shape index (κ3) is 2.05. The number of rotatable bonds is 2. The van der Waals surface area contributed by atoms with Gasteiger partial charge in [-0.1, -0.05) is 43.4 Å². The summed E-state index contributed by atoms with van der Waals surface area (Å²) in [6.07, 6.45) is 18.0. The molecule has 0 spiro atoms. The zero-order valence-electron chi connectivity index (χ0n) is 10.9. The van der Waals surface area contributed by atoms with Crippen molar-refractivity contribution in [3.05, 3.63) is 58.7 Å². The molecule has 3 aliphatic rings. The van der Waals surface area contributed by atoms with Crippen molar-refractivity contribution in [1.29, 1.82) is 0 Å². The van der Waals surface area contributed by atoms with Gasteiger partial charge in [-0.2, -0.15) is 0 Å². The SMILES string of the molecule is CC/C=C\C=C1\C=C2CC3=C(CCC=C3)C2=NC1. The van der Waals surface area contributed by atoms with E-state index in [2.05, 4.69) is 43.4 Å². The quantitative estimate of drug-likeness (QED) is 0.678. The fraction of sp³-hybridized carbons (Fsp3) is 0.353. The van der Waals surface area contributed by atoms with Crippen molar-refractivity contribution < 1.29 is 0 Å². The minimum Gasteiger partial charge on any atom is -0.280 e. The van der Waals surface area contributed by atoms with Gasteiger partial charge in [0.05, 0.1) is 12.3 Å². The molecule has 1 nitrogen and oxygen atoms in total. The largest absolute Gasteiger partial charge is 0.280 e. The second kappa shape index (κ2) is 4.93. The Morgan fingerprint density at radius 3 is 3.22 bits per heavy atom. The molecule has 0 bridgehead atoms. The lowest BCUT2D eigenvalue weighted by Crippen LogP contribution is -2.08. The van der Waals surface area contributed by atoms with Crippen LogP contribution in [0.4, 0.5) is 0 Å². The van der Waals surface area contributed by atoms with Gasteiger partial charge in [-0.05, 0) is 48.0 Å². The molecular weight excluding hydrogens is 218 g/mol. The first-order chi connectivity index (χ1) is 8.88. The first kappa shape index (κ1) is 11.5. The van der Waals surface area contributed by atoms with Crippen LogP contribution in [0.3, 0.4) is 0 Å². The minimum atomic E-state index is 0.841. The fourth-order valence-corrected chi connectivity index (χ4v) is 2.82. The average Bonchev–Trinajstić information content (AvgIpc) is 2.76. The molecule has 0 atom stereocenters. The summed E-state index contributed by atoms with van der Waals surface area (Å²) in [5, 5.41) is 0. The zero-order chi connectivity index (χ0) is 12.4. The molecule has 1 heterocycles. The lowest BCUT2D eigenvalue weighted by molar-refractivity contribution is 0.984. The maximum Gasteiger partial charge on any atom is 0.0648 e. The van der Waals surface area contributed by atoms with E-state index in [4.69, 9.17) is 4.99 Å². The molecular formula is C17H19N. The van der Waals surface area contributed by atoms with Gasteiger partial charge >= 0.3 is 0 Å². The van der Waals surface area contributed by atoms with Crippen molar-refractivity contribution >= 4 is 5.71 Å². The van der Waals surface area contributed by atoms with Gasteiger partial charge in [0.2, 0.25) is 0 Å². The maximum atomic E-state index is 4.79. The number of allylic oxidation sites excluding steroid dienone is 8. The third-order valence-corrected chi connectivity index (χ3v) is 3.70. The standard InChI is InChI=1S/C17H19N/c1-2-3-4-7-13-10-15-11-14-8-5-6-9-16(14)17(15)18-12-13/h3-5,7-8,10H,2,6,9,11-12H2,1H3/b4-3-,13-7-. The number of hydrogen-bond acceptors (Lipinski definition) is 1. The number of hydrogen-bond donors (Lipinski definition) is 0. The first-order valence-electron chi connectivity index (χ1n) is 6.88. The van der Waals surface area contributed by atoms with Crippen molar-refractivity contribution in [3.63, 3.8) is 0 Å². The molecule has 92 valence electrons. The first-order valence-corrected chi connectivity index (χ1v) is 6.88. The average molecular weight is 237 g/mol. The van der Waals surface area contributed by atoms with E-state index < -0.39 is 0 Å². The van der Waals surface area contributed by atoms with Crippen molar-refractivity contribution in [1.82, 2.24) is 0 Å². The normalized spacial score (nSPS) is 24.4. The predicted octanol–water partition coefficient (Wildman–Crippen LogP) is 4.31. The Morgan fingerprint density at radius 1 is 1.39 bits per heavy atom. The van der Waals surface area contributed by atoms with Crippen molar-refractivity contribution in [3.8, 4) is 0 Å². The van der Waals surface area contributed by atoms with Gasteiger partial charge in [0.15, 0.2) is 0 Å². The Bertz CT molecular complexity index is 536. The Labute approximate surface area is 109 Å². The van der Waals surface area contributed by atoms with Gasteiger partial charge in [-0.15, -0.1) is 0 Å². The Kier molecular flexibility index (Phi) is 3.14. The predicted molar refractivity (Wildman–Crippen MR) is 77.9 cm³/mol. The van der Waals surface area contributed by atoms with Gasteiger partial charge in [0.25, 0.3) is 0 Å². The highest BCUT2D eigenvalue weighted by molar-refractivity contribution is 6.17. The van der Waals surface area contributed by atoms with Crippen LogP contribution in [-0.4, -0.2) is 12.3 Å². The van der Waals surface area contributed by atoms with Crippen LogP contribution in [0.1, 0.15) is 32.6 Å². The van der Waals surface area contributed by atoms with Crippen molar-refractivity contribution in [2.24, 2.45) is 4.99 Å². The number of nitrogens with zero attached hydrogens (tertiary/aromatic N) is 1. The maximum absolute atomic E-state index is 4.79. The van der Waals surface area contributed by atoms with Gasteiger partial charge in [-0.3, -0.25) is 4.99 Å². The van der Waals surface area contributed by atoms with Crippen LogP contribution in [-0.2, 0) is 0 Å². The molecule has 0 aromatic carbocycles. The van der Waals surface area contributed by atoms with Crippen LogP contribution in [0.2, 0.25) is 0 Å². The van der Waals surface area contributed by atoms with Crippen molar-refractivity contribution in [2.75, 3.05) is 6.54 Å². The summed E-state index contributed by atoms with van der Waals surface area (Å²) < 4.78 is 0. The van der Waals surface area contributed by atoms with E-state index in [0.717, 1.165) is 19.4 Å². The monoisotopic (exact) mass is 237 g/mol. The fourth-order valence-electron chi connectivity index (χ4n) is 2.82. The molecule has 2 aliphatic carbocycles. The van der Waals surface area contributed by atoms with Crippen LogP contribution >= 0.6 is 0 Å². The smallest absolute Gasteiger partial charge is 0.0648 e. The second-order valence-corrected chi connectivity index (χ2v) is 5.03. The molecule has 0 aromatic heterocycles. The highest BCUT2D eigenvalue weighted by atomic mass is 14.8. The topological polar surface area (TPSA) is 12.4 Å². The minimum absolute atomic E-state index is 0.841. The summed E-state index contributed by atoms with van der Waals surface area (Å²) in [5.41, 5.74) is 7.06. The van der Waals surface area contributed by atoms with E-state index in [9.17, 15) is 0 Å². The molecule has 0 saturated carbocycles. The van der Waals surface area contributed by atoms with E-state index in [1.165, 1.54) is 40.8 Å². The molecule has 18 heavy (non-hydrogen) atoms. The molecule has 0 unspecified atom stereocenters. The summed E-state index contributed by atoms with van der Waals surface area (Å²) in [4.78, 5) is 4.79. The number of dihydropyridines is 1. The van der Waals surface area contributed by atoms with E-state index in [0.29, 0.717) is 0 Å². The Hall–Kier alpha value is -1.63. The lowest BCUT2D eigenvalue weighted by atomic mass is 9.98. The van der Waals surface area contributed by atoms with Crippen LogP contribution in [0, 0.1) is 0 Å². The van der Waals surface area contributed by atoms with Crippen LogP contribution in [0.25, 0.3) is 0 Å². The molecule has 0 N–H and O–H groups in total. The Balaban J connectivity index is 1.84. The molecule has 0 radical (unpaired) electrons. The number of fused-ring (bicyclic) bond motifs is 2. The van der Waals surface area contributed by atoms with Crippen LogP contribution < -0.4 is 0 Å². The van der Waals surface area contributed by atoms with E-state index >= 15 is 0 Å². The van der Waals surface area contributed by atoms with Crippen LogP contribution in [0.15, 0.2) is 63.7 Å². The number of aliphatic imine (C=N–C) groups is 1. The summed E-state index contributed by atoms with van der Waals surface area (Å²) in [6, 6.07) is 0. The molecule has 0 fully saturated rings. The summed E-state index contributed by atoms with van der Waals surface area (Å²) >= 11 is 0. The summed E-state index contributed by atoms with van der Waals surface area (Å²) in [5.74, 6) is 0. The van der Waals surface area contributed by atoms with Gasteiger partial charge < -0.3 is 0 Å². The van der Waals surface area contributed by atoms with Gasteiger partial charge in [0.1, 0.15) is 0 Å².